The quantitative estimate of drug-likeness (QED) is 0.642. The monoisotopic (exact) mass is 337 g/mol. The molecule has 0 aliphatic carbocycles. The van der Waals surface area contributed by atoms with E-state index in [0.717, 1.165) is 16.5 Å². The van der Waals surface area contributed by atoms with Crippen molar-refractivity contribution in [2.45, 2.75) is 0 Å². The SMILES string of the molecule is N#CC(C#N)=C(c1ccc(Cl)cc1Cl)c1c[nH]c2ccccc12. The predicted molar refractivity (Wildman–Crippen MR) is 92.0 cm³/mol. The zero-order valence-corrected chi connectivity index (χ0v) is 13.3. The maximum Gasteiger partial charge on any atom is 0.138 e. The van der Waals surface area contributed by atoms with Crippen molar-refractivity contribution in [2.24, 2.45) is 0 Å². The van der Waals surface area contributed by atoms with Gasteiger partial charge < -0.3 is 4.98 Å². The van der Waals surface area contributed by atoms with Crippen molar-refractivity contribution in [1.82, 2.24) is 4.98 Å². The molecule has 3 rings (SSSR count). The molecule has 110 valence electrons. The third-order valence-corrected chi connectivity index (χ3v) is 4.08. The van der Waals surface area contributed by atoms with Crippen LogP contribution in [0.3, 0.4) is 0 Å². The van der Waals surface area contributed by atoms with Crippen LogP contribution in [-0.4, -0.2) is 4.98 Å². The summed E-state index contributed by atoms with van der Waals surface area (Å²) in [5.74, 6) is 0. The van der Waals surface area contributed by atoms with Gasteiger partial charge in [-0.05, 0) is 18.2 Å². The van der Waals surface area contributed by atoms with Crippen LogP contribution in [0.25, 0.3) is 16.5 Å². The number of nitrogens with one attached hydrogen (secondary N) is 1. The first-order valence-corrected chi connectivity index (χ1v) is 7.47. The molecule has 0 radical (unpaired) electrons. The zero-order chi connectivity index (χ0) is 16.4. The summed E-state index contributed by atoms with van der Waals surface area (Å²) in [6, 6.07) is 16.6. The highest BCUT2D eigenvalue weighted by molar-refractivity contribution is 6.36. The topological polar surface area (TPSA) is 63.4 Å². The Kier molecular flexibility index (Phi) is 4.08. The normalized spacial score (nSPS) is 10.1. The summed E-state index contributed by atoms with van der Waals surface area (Å²) in [4.78, 5) is 3.15. The van der Waals surface area contributed by atoms with Crippen LogP contribution < -0.4 is 0 Å². The number of aromatic nitrogens is 1. The van der Waals surface area contributed by atoms with Crippen molar-refractivity contribution < 1.29 is 0 Å². The summed E-state index contributed by atoms with van der Waals surface area (Å²) >= 11 is 12.3. The Labute approximate surface area is 143 Å². The van der Waals surface area contributed by atoms with E-state index in [1.807, 2.05) is 36.4 Å². The first-order chi connectivity index (χ1) is 11.2. The Balaban J connectivity index is 2.38. The van der Waals surface area contributed by atoms with Gasteiger partial charge in [0, 0.05) is 43.8 Å². The molecule has 1 aromatic heterocycles. The molecule has 0 spiro atoms. The smallest absolute Gasteiger partial charge is 0.138 e. The maximum atomic E-state index is 9.36. The van der Waals surface area contributed by atoms with E-state index in [2.05, 4.69) is 4.98 Å². The van der Waals surface area contributed by atoms with Crippen molar-refractivity contribution >= 4 is 39.7 Å². The fraction of sp³-hybridized carbons (Fsp3) is 0. The molecule has 0 fully saturated rings. The molecule has 3 aromatic rings. The van der Waals surface area contributed by atoms with E-state index in [9.17, 15) is 10.5 Å². The molecule has 5 heteroatoms. The summed E-state index contributed by atoms with van der Waals surface area (Å²) in [7, 11) is 0. The largest absolute Gasteiger partial charge is 0.361 e. The van der Waals surface area contributed by atoms with E-state index >= 15 is 0 Å². The van der Waals surface area contributed by atoms with Crippen molar-refractivity contribution in [2.75, 3.05) is 0 Å². The van der Waals surface area contributed by atoms with Gasteiger partial charge in [-0.3, -0.25) is 0 Å². The second kappa shape index (κ2) is 6.18. The molecule has 0 bridgehead atoms. The lowest BCUT2D eigenvalue weighted by atomic mass is 9.93. The fourth-order valence-electron chi connectivity index (χ4n) is 2.52. The molecule has 0 unspecified atom stereocenters. The number of aromatic amines is 1. The van der Waals surface area contributed by atoms with Gasteiger partial charge in [0.2, 0.25) is 0 Å². The van der Waals surface area contributed by atoms with Gasteiger partial charge in [-0.25, -0.2) is 0 Å². The number of fused-ring (bicyclic) bond motifs is 1. The van der Waals surface area contributed by atoms with Gasteiger partial charge in [-0.1, -0.05) is 47.5 Å². The number of benzene rings is 2. The van der Waals surface area contributed by atoms with Crippen molar-refractivity contribution in [1.29, 1.82) is 10.5 Å². The highest BCUT2D eigenvalue weighted by Gasteiger charge is 2.18. The van der Waals surface area contributed by atoms with E-state index in [0.29, 0.717) is 21.2 Å². The van der Waals surface area contributed by atoms with Crippen molar-refractivity contribution in [3.05, 3.63) is 75.4 Å². The maximum absolute atomic E-state index is 9.36. The first-order valence-electron chi connectivity index (χ1n) is 6.72. The number of nitriles is 2. The standard InChI is InChI=1S/C18H9Cl2N3/c19-12-5-6-14(16(20)7-12)18(11(8-21)9-22)15-10-23-17-4-2-1-3-13(15)17/h1-7,10,23H. The Hall–Kier alpha value is -2.72. The molecule has 0 saturated carbocycles. The second-order valence-electron chi connectivity index (χ2n) is 4.85. The first kappa shape index (κ1) is 15.2. The number of hydrogen-bond donors (Lipinski definition) is 1. The van der Waals surface area contributed by atoms with E-state index in [1.54, 1.807) is 24.4 Å². The molecule has 1 N–H and O–H groups in total. The van der Waals surface area contributed by atoms with Gasteiger partial charge in [0.15, 0.2) is 0 Å². The highest BCUT2D eigenvalue weighted by Crippen LogP contribution is 2.36. The summed E-state index contributed by atoms with van der Waals surface area (Å²) in [6.07, 6.45) is 1.78. The van der Waals surface area contributed by atoms with Crippen LogP contribution in [0.1, 0.15) is 11.1 Å². The predicted octanol–water partition coefficient (Wildman–Crippen LogP) is 5.32. The minimum Gasteiger partial charge on any atom is -0.361 e. The van der Waals surface area contributed by atoms with Crippen molar-refractivity contribution in [3.63, 3.8) is 0 Å². The summed E-state index contributed by atoms with van der Waals surface area (Å²) < 4.78 is 0. The lowest BCUT2D eigenvalue weighted by Gasteiger charge is -2.10. The van der Waals surface area contributed by atoms with Crippen LogP contribution in [0.4, 0.5) is 0 Å². The molecule has 0 aliphatic heterocycles. The average molecular weight is 338 g/mol. The number of nitrogens with zero attached hydrogens (tertiary/aromatic N) is 2. The van der Waals surface area contributed by atoms with Gasteiger partial charge in [-0.15, -0.1) is 0 Å². The molecular formula is C18H9Cl2N3. The summed E-state index contributed by atoms with van der Waals surface area (Å²) in [6.45, 7) is 0. The van der Waals surface area contributed by atoms with Crippen LogP contribution >= 0.6 is 23.2 Å². The van der Waals surface area contributed by atoms with E-state index < -0.39 is 0 Å². The van der Waals surface area contributed by atoms with Gasteiger partial charge in [0.1, 0.15) is 17.7 Å². The molecule has 0 aliphatic rings. The van der Waals surface area contributed by atoms with Crippen LogP contribution in [0.15, 0.2) is 54.2 Å². The van der Waals surface area contributed by atoms with Crippen LogP contribution in [0.5, 0.6) is 0 Å². The molecule has 0 amide bonds. The number of halogens is 2. The van der Waals surface area contributed by atoms with E-state index in [1.165, 1.54) is 0 Å². The third kappa shape index (κ3) is 2.69. The average Bonchev–Trinajstić information content (AvgIpc) is 2.97. The highest BCUT2D eigenvalue weighted by atomic mass is 35.5. The Morgan fingerprint density at radius 3 is 2.39 bits per heavy atom. The fourth-order valence-corrected chi connectivity index (χ4v) is 3.02. The Morgan fingerprint density at radius 1 is 0.957 bits per heavy atom. The molecule has 3 nitrogen and oxygen atoms in total. The number of hydrogen-bond acceptors (Lipinski definition) is 2. The number of H-pyrrole nitrogens is 1. The van der Waals surface area contributed by atoms with E-state index in [4.69, 9.17) is 23.2 Å². The Bertz CT molecular complexity index is 1000. The number of para-hydroxylation sites is 1. The second-order valence-corrected chi connectivity index (χ2v) is 5.69. The number of allylic oxidation sites excluding steroid dienone is 1. The lowest BCUT2D eigenvalue weighted by Crippen LogP contribution is -1.93. The minimum absolute atomic E-state index is 0.000949. The van der Waals surface area contributed by atoms with Crippen molar-refractivity contribution in [3.8, 4) is 12.1 Å². The zero-order valence-electron chi connectivity index (χ0n) is 11.8. The molecule has 23 heavy (non-hydrogen) atoms. The molecule has 2 aromatic carbocycles. The van der Waals surface area contributed by atoms with Crippen LogP contribution in [-0.2, 0) is 0 Å². The van der Waals surface area contributed by atoms with Gasteiger partial charge in [0.05, 0.1) is 0 Å². The molecule has 0 saturated heterocycles. The van der Waals surface area contributed by atoms with Crippen LogP contribution in [0, 0.1) is 22.7 Å². The van der Waals surface area contributed by atoms with Gasteiger partial charge in [0.25, 0.3) is 0 Å². The van der Waals surface area contributed by atoms with Crippen LogP contribution in [0.2, 0.25) is 10.0 Å². The molecule has 1 heterocycles. The third-order valence-electron chi connectivity index (χ3n) is 3.53. The van der Waals surface area contributed by atoms with Gasteiger partial charge in [-0.2, -0.15) is 10.5 Å². The molecular weight excluding hydrogens is 329 g/mol. The Morgan fingerprint density at radius 2 is 1.70 bits per heavy atom. The van der Waals surface area contributed by atoms with E-state index in [-0.39, 0.29) is 5.57 Å². The number of rotatable bonds is 2. The lowest BCUT2D eigenvalue weighted by molar-refractivity contribution is 1.43. The summed E-state index contributed by atoms with van der Waals surface area (Å²) in [5, 5.41) is 20.5. The minimum atomic E-state index is -0.000949. The summed E-state index contributed by atoms with van der Waals surface area (Å²) in [5.41, 5.74) is 2.76. The van der Waals surface area contributed by atoms with Gasteiger partial charge >= 0.3 is 0 Å². The molecule has 0 atom stereocenters.